The van der Waals surface area contributed by atoms with Crippen molar-refractivity contribution in [2.24, 2.45) is 0 Å². The van der Waals surface area contributed by atoms with E-state index in [0.29, 0.717) is 22.0 Å². The van der Waals surface area contributed by atoms with Gasteiger partial charge in [0.15, 0.2) is 11.9 Å². The van der Waals surface area contributed by atoms with Crippen LogP contribution in [0.15, 0.2) is 42.5 Å². The molecule has 4 heteroatoms. The molecule has 0 N–H and O–H groups in total. The molecular formula is C15H10Cl2O2. The zero-order chi connectivity index (χ0) is 13.4. The number of benzene rings is 2. The van der Waals surface area contributed by atoms with Crippen molar-refractivity contribution in [3.63, 3.8) is 0 Å². The van der Waals surface area contributed by atoms with Gasteiger partial charge in [-0.2, -0.15) is 0 Å². The Morgan fingerprint density at radius 2 is 1.89 bits per heavy atom. The van der Waals surface area contributed by atoms with Crippen LogP contribution in [0, 0.1) is 0 Å². The third kappa shape index (κ3) is 2.34. The quantitative estimate of drug-likeness (QED) is 0.786. The Labute approximate surface area is 120 Å². The summed E-state index contributed by atoms with van der Waals surface area (Å²) in [5, 5.41) is 0.989. The van der Waals surface area contributed by atoms with E-state index in [-0.39, 0.29) is 5.78 Å². The van der Waals surface area contributed by atoms with E-state index >= 15 is 0 Å². The van der Waals surface area contributed by atoms with Gasteiger partial charge in [0.2, 0.25) is 0 Å². The molecule has 1 aliphatic heterocycles. The van der Waals surface area contributed by atoms with Crippen molar-refractivity contribution in [1.29, 1.82) is 0 Å². The van der Waals surface area contributed by atoms with Crippen LogP contribution in [0.1, 0.15) is 17.2 Å². The zero-order valence-electron chi connectivity index (χ0n) is 9.90. The number of para-hydroxylation sites is 1. The molecule has 0 radical (unpaired) electrons. The standard InChI is InChI=1S/C15H10Cl2O2/c16-10-5-6-11(12(17)8-10)15-13(18)7-9-3-1-2-4-14(9)19-15/h1-6,8,15H,7H2. The number of carbonyl (C=O) groups excluding carboxylic acids is 1. The van der Waals surface area contributed by atoms with Crippen LogP contribution >= 0.6 is 23.2 Å². The number of hydrogen-bond donors (Lipinski definition) is 0. The summed E-state index contributed by atoms with van der Waals surface area (Å²) in [5.74, 6) is 0.737. The van der Waals surface area contributed by atoms with Gasteiger partial charge in [-0.1, -0.05) is 47.5 Å². The van der Waals surface area contributed by atoms with Crippen LogP contribution in [-0.4, -0.2) is 5.78 Å². The van der Waals surface area contributed by atoms with Gasteiger partial charge in [0.1, 0.15) is 5.75 Å². The third-order valence-electron chi connectivity index (χ3n) is 3.12. The molecule has 2 aromatic carbocycles. The summed E-state index contributed by atoms with van der Waals surface area (Å²) in [6.07, 6.45) is -0.292. The van der Waals surface area contributed by atoms with Crippen LogP contribution < -0.4 is 4.74 Å². The molecule has 0 aliphatic carbocycles. The second kappa shape index (κ2) is 4.87. The minimum absolute atomic E-state index is 0.00271. The maximum atomic E-state index is 12.2. The third-order valence-corrected chi connectivity index (χ3v) is 3.68. The maximum Gasteiger partial charge on any atom is 0.183 e. The molecule has 0 bridgehead atoms. The smallest absolute Gasteiger partial charge is 0.183 e. The van der Waals surface area contributed by atoms with Crippen molar-refractivity contribution in [2.75, 3.05) is 0 Å². The topological polar surface area (TPSA) is 26.3 Å². The summed E-state index contributed by atoms with van der Waals surface area (Å²) in [5.41, 5.74) is 1.57. The summed E-state index contributed by atoms with van der Waals surface area (Å²) in [6.45, 7) is 0. The van der Waals surface area contributed by atoms with Gasteiger partial charge in [-0.25, -0.2) is 0 Å². The summed E-state index contributed by atoms with van der Waals surface area (Å²) in [6, 6.07) is 12.6. The highest BCUT2D eigenvalue weighted by atomic mass is 35.5. The van der Waals surface area contributed by atoms with Gasteiger partial charge < -0.3 is 4.74 Å². The zero-order valence-corrected chi connectivity index (χ0v) is 11.4. The van der Waals surface area contributed by atoms with Crippen molar-refractivity contribution < 1.29 is 9.53 Å². The van der Waals surface area contributed by atoms with E-state index in [1.54, 1.807) is 18.2 Å². The van der Waals surface area contributed by atoms with Crippen LogP contribution in [0.4, 0.5) is 0 Å². The second-order valence-electron chi connectivity index (χ2n) is 4.41. The fraction of sp³-hybridized carbons (Fsp3) is 0.133. The van der Waals surface area contributed by atoms with Crippen molar-refractivity contribution >= 4 is 29.0 Å². The first-order chi connectivity index (χ1) is 9.15. The summed E-state index contributed by atoms with van der Waals surface area (Å²) in [7, 11) is 0. The average Bonchev–Trinajstić information content (AvgIpc) is 2.38. The predicted molar refractivity (Wildman–Crippen MR) is 75.0 cm³/mol. The highest BCUT2D eigenvalue weighted by Crippen LogP contribution is 2.36. The Morgan fingerprint density at radius 1 is 1.11 bits per heavy atom. The monoisotopic (exact) mass is 292 g/mol. The van der Waals surface area contributed by atoms with Crippen LogP contribution in [0.3, 0.4) is 0 Å². The fourth-order valence-corrected chi connectivity index (χ4v) is 2.70. The van der Waals surface area contributed by atoms with E-state index in [1.807, 2.05) is 24.3 Å². The Kier molecular flexibility index (Phi) is 3.21. The molecule has 3 rings (SSSR count). The van der Waals surface area contributed by atoms with Gasteiger partial charge in [-0.15, -0.1) is 0 Å². The van der Waals surface area contributed by atoms with Gasteiger partial charge in [-0.05, 0) is 18.2 Å². The van der Waals surface area contributed by atoms with Crippen LogP contribution in [0.2, 0.25) is 10.0 Å². The average molecular weight is 293 g/mol. The van der Waals surface area contributed by atoms with Gasteiger partial charge in [-0.3, -0.25) is 4.79 Å². The van der Waals surface area contributed by atoms with Crippen molar-refractivity contribution in [1.82, 2.24) is 0 Å². The maximum absolute atomic E-state index is 12.2. The number of Topliss-reactive ketones (excluding diaryl/α,β-unsaturated/α-hetero) is 1. The molecule has 1 aliphatic rings. The molecule has 2 nitrogen and oxygen atoms in total. The SMILES string of the molecule is O=C1Cc2ccccc2OC1c1ccc(Cl)cc1Cl. The number of carbonyl (C=O) groups is 1. The molecule has 19 heavy (non-hydrogen) atoms. The van der Waals surface area contributed by atoms with Crippen LogP contribution in [-0.2, 0) is 11.2 Å². The molecule has 0 saturated carbocycles. The molecule has 2 aromatic rings. The summed E-state index contributed by atoms with van der Waals surface area (Å²) < 4.78 is 5.77. The molecule has 0 fully saturated rings. The Balaban J connectivity index is 2.01. The minimum Gasteiger partial charge on any atom is -0.478 e. The van der Waals surface area contributed by atoms with E-state index in [4.69, 9.17) is 27.9 Å². The molecule has 0 amide bonds. The lowest BCUT2D eigenvalue weighted by Gasteiger charge is -2.25. The number of ether oxygens (including phenoxy) is 1. The normalized spacial score (nSPS) is 17.8. The van der Waals surface area contributed by atoms with Crippen molar-refractivity contribution in [3.05, 3.63) is 63.6 Å². The lowest BCUT2D eigenvalue weighted by atomic mass is 9.96. The van der Waals surface area contributed by atoms with Crippen LogP contribution in [0.25, 0.3) is 0 Å². The molecule has 0 aromatic heterocycles. The van der Waals surface area contributed by atoms with E-state index < -0.39 is 6.10 Å². The second-order valence-corrected chi connectivity index (χ2v) is 5.26. The molecule has 96 valence electrons. The van der Waals surface area contributed by atoms with Gasteiger partial charge in [0.05, 0.1) is 0 Å². The van der Waals surface area contributed by atoms with Gasteiger partial charge in [0.25, 0.3) is 0 Å². The van der Waals surface area contributed by atoms with Crippen LogP contribution in [0.5, 0.6) is 5.75 Å². The molecular weight excluding hydrogens is 283 g/mol. The Morgan fingerprint density at radius 3 is 2.68 bits per heavy atom. The number of rotatable bonds is 1. The molecule has 1 heterocycles. The Hall–Kier alpha value is -1.51. The Bertz CT molecular complexity index is 652. The van der Waals surface area contributed by atoms with E-state index in [9.17, 15) is 4.79 Å². The lowest BCUT2D eigenvalue weighted by Crippen LogP contribution is -2.26. The number of ketones is 1. The first-order valence-electron chi connectivity index (χ1n) is 5.87. The lowest BCUT2D eigenvalue weighted by molar-refractivity contribution is -0.126. The first-order valence-corrected chi connectivity index (χ1v) is 6.63. The van der Waals surface area contributed by atoms with Crippen molar-refractivity contribution in [2.45, 2.75) is 12.5 Å². The largest absolute Gasteiger partial charge is 0.478 e. The molecule has 0 saturated heterocycles. The van der Waals surface area contributed by atoms with E-state index in [2.05, 4.69) is 0 Å². The number of halogens is 2. The van der Waals surface area contributed by atoms with Crippen molar-refractivity contribution in [3.8, 4) is 5.75 Å². The summed E-state index contributed by atoms with van der Waals surface area (Å²) >= 11 is 12.0. The molecule has 1 unspecified atom stereocenters. The fourth-order valence-electron chi connectivity index (χ4n) is 2.19. The van der Waals surface area contributed by atoms with Gasteiger partial charge >= 0.3 is 0 Å². The molecule has 1 atom stereocenters. The summed E-state index contributed by atoms with van der Waals surface area (Å²) in [4.78, 5) is 12.2. The van der Waals surface area contributed by atoms with E-state index in [1.165, 1.54) is 0 Å². The van der Waals surface area contributed by atoms with E-state index in [0.717, 1.165) is 11.3 Å². The molecule has 0 spiro atoms. The highest BCUT2D eigenvalue weighted by Gasteiger charge is 2.30. The highest BCUT2D eigenvalue weighted by molar-refractivity contribution is 6.35. The number of fused-ring (bicyclic) bond motifs is 1. The first kappa shape index (κ1) is 12.5. The minimum atomic E-state index is -0.653. The number of hydrogen-bond acceptors (Lipinski definition) is 2. The predicted octanol–water partition coefficient (Wildman–Crippen LogP) is 4.24. The van der Waals surface area contributed by atoms with Gasteiger partial charge in [0, 0.05) is 27.6 Å².